The molecule has 2 atom stereocenters. The molecule has 0 amide bonds. The van der Waals surface area contributed by atoms with Crippen molar-refractivity contribution in [3.63, 3.8) is 0 Å². The SMILES string of the molecule is COCc1nc(N2CCCC(C(O)c3nccn3C)C2)c2c(-c3ccccc3)csc2n1. The van der Waals surface area contributed by atoms with Crippen LogP contribution in [-0.4, -0.2) is 44.8 Å². The normalized spacial score (nSPS) is 17.7. The fraction of sp³-hybridized carbons (Fsp3) is 0.375. The number of anilines is 1. The summed E-state index contributed by atoms with van der Waals surface area (Å²) in [6, 6.07) is 10.4. The van der Waals surface area contributed by atoms with E-state index in [1.807, 2.05) is 23.9 Å². The van der Waals surface area contributed by atoms with Gasteiger partial charge in [0.15, 0.2) is 5.82 Å². The Labute approximate surface area is 191 Å². The van der Waals surface area contributed by atoms with Crippen molar-refractivity contribution in [3.8, 4) is 11.1 Å². The molecule has 1 aliphatic heterocycles. The molecule has 1 saturated heterocycles. The molecule has 0 aliphatic carbocycles. The average molecular weight is 450 g/mol. The van der Waals surface area contributed by atoms with Crippen LogP contribution in [0.15, 0.2) is 48.1 Å². The van der Waals surface area contributed by atoms with E-state index in [9.17, 15) is 5.11 Å². The third-order valence-electron chi connectivity index (χ3n) is 6.15. The number of aromatic nitrogens is 4. The van der Waals surface area contributed by atoms with Gasteiger partial charge in [-0.1, -0.05) is 30.3 Å². The number of aliphatic hydroxyl groups is 1. The second-order valence-electron chi connectivity index (χ2n) is 8.28. The number of methoxy groups -OCH3 is 1. The molecule has 0 spiro atoms. The summed E-state index contributed by atoms with van der Waals surface area (Å²) in [6.07, 6.45) is 4.95. The lowest BCUT2D eigenvalue weighted by Crippen LogP contribution is -2.39. The zero-order valence-electron chi connectivity index (χ0n) is 18.3. The Hall–Kier alpha value is -2.81. The molecule has 1 aliphatic rings. The summed E-state index contributed by atoms with van der Waals surface area (Å²) in [5.74, 6) is 2.41. The highest BCUT2D eigenvalue weighted by molar-refractivity contribution is 7.17. The van der Waals surface area contributed by atoms with Crippen molar-refractivity contribution in [3.05, 3.63) is 59.8 Å². The van der Waals surface area contributed by atoms with Crippen molar-refractivity contribution >= 4 is 27.4 Å². The van der Waals surface area contributed by atoms with E-state index in [0.717, 1.165) is 53.1 Å². The lowest BCUT2D eigenvalue weighted by Gasteiger charge is -2.36. The largest absolute Gasteiger partial charge is 0.385 e. The Morgan fingerprint density at radius 1 is 1.25 bits per heavy atom. The van der Waals surface area contributed by atoms with Gasteiger partial charge in [0.2, 0.25) is 0 Å². The van der Waals surface area contributed by atoms with E-state index in [4.69, 9.17) is 14.7 Å². The average Bonchev–Trinajstić information content (AvgIpc) is 3.45. The fourth-order valence-corrected chi connectivity index (χ4v) is 5.51. The zero-order chi connectivity index (χ0) is 22.1. The van der Waals surface area contributed by atoms with Crippen LogP contribution < -0.4 is 4.90 Å². The zero-order valence-corrected chi connectivity index (χ0v) is 19.1. The van der Waals surface area contributed by atoms with Crippen LogP contribution in [0, 0.1) is 5.92 Å². The molecule has 32 heavy (non-hydrogen) atoms. The van der Waals surface area contributed by atoms with Crippen molar-refractivity contribution in [2.24, 2.45) is 13.0 Å². The molecule has 4 heterocycles. The minimum Gasteiger partial charge on any atom is -0.385 e. The Morgan fingerprint density at radius 2 is 2.09 bits per heavy atom. The van der Waals surface area contributed by atoms with Crippen LogP contribution in [0.4, 0.5) is 5.82 Å². The van der Waals surface area contributed by atoms with Crippen LogP contribution in [-0.2, 0) is 18.4 Å². The first-order chi connectivity index (χ1) is 15.7. The lowest BCUT2D eigenvalue weighted by molar-refractivity contribution is 0.0874. The number of fused-ring (bicyclic) bond motifs is 1. The van der Waals surface area contributed by atoms with Crippen LogP contribution in [0.2, 0.25) is 0 Å². The van der Waals surface area contributed by atoms with Gasteiger partial charge in [-0.2, -0.15) is 0 Å². The number of nitrogens with zero attached hydrogens (tertiary/aromatic N) is 5. The Kier molecular flexibility index (Phi) is 5.91. The van der Waals surface area contributed by atoms with Crippen molar-refractivity contribution in [1.29, 1.82) is 0 Å². The molecule has 1 aromatic carbocycles. The molecule has 166 valence electrons. The molecule has 4 aromatic rings. The quantitative estimate of drug-likeness (QED) is 0.476. The third-order valence-corrected chi connectivity index (χ3v) is 7.02. The molecule has 0 bridgehead atoms. The molecular weight excluding hydrogens is 422 g/mol. The molecule has 3 aromatic heterocycles. The highest BCUT2D eigenvalue weighted by Gasteiger charge is 2.31. The van der Waals surface area contributed by atoms with Gasteiger partial charge in [0.25, 0.3) is 0 Å². The monoisotopic (exact) mass is 449 g/mol. The van der Waals surface area contributed by atoms with E-state index < -0.39 is 6.10 Å². The van der Waals surface area contributed by atoms with Gasteiger partial charge >= 0.3 is 0 Å². The van der Waals surface area contributed by atoms with Crippen LogP contribution >= 0.6 is 11.3 Å². The van der Waals surface area contributed by atoms with Gasteiger partial charge in [-0.3, -0.25) is 0 Å². The number of thiophene rings is 1. The molecule has 1 fully saturated rings. The Balaban J connectivity index is 1.55. The van der Waals surface area contributed by atoms with Gasteiger partial charge in [-0.25, -0.2) is 15.0 Å². The number of aryl methyl sites for hydroxylation is 1. The number of aliphatic hydroxyl groups excluding tert-OH is 1. The first kappa shape index (κ1) is 21.1. The maximum Gasteiger partial charge on any atom is 0.158 e. The van der Waals surface area contributed by atoms with Gasteiger partial charge in [0.05, 0.1) is 5.39 Å². The summed E-state index contributed by atoms with van der Waals surface area (Å²) < 4.78 is 7.24. The second-order valence-corrected chi connectivity index (χ2v) is 9.14. The highest BCUT2D eigenvalue weighted by atomic mass is 32.1. The Bertz CT molecular complexity index is 1210. The summed E-state index contributed by atoms with van der Waals surface area (Å²) in [5.41, 5.74) is 2.31. The van der Waals surface area contributed by atoms with Crippen molar-refractivity contribution in [2.75, 3.05) is 25.1 Å². The molecule has 5 rings (SSSR count). The van der Waals surface area contributed by atoms with Crippen LogP contribution in [0.5, 0.6) is 0 Å². The molecule has 1 N–H and O–H groups in total. The standard InChI is InChI=1S/C24H27N5O2S/c1-28-12-10-25-23(28)21(30)17-9-6-11-29(13-17)22-20-18(16-7-4-3-5-8-16)15-32-24(20)27-19(26-22)14-31-2/h3-5,7-8,10,12,15,17,21,30H,6,9,11,13-14H2,1-2H3. The van der Waals surface area contributed by atoms with Crippen LogP contribution in [0.25, 0.3) is 21.3 Å². The summed E-state index contributed by atoms with van der Waals surface area (Å²) in [5, 5.41) is 14.3. The van der Waals surface area contributed by atoms with Gasteiger partial charge in [0, 0.05) is 56.5 Å². The van der Waals surface area contributed by atoms with Crippen molar-refractivity contribution in [1.82, 2.24) is 19.5 Å². The molecule has 8 heteroatoms. The predicted molar refractivity (Wildman–Crippen MR) is 127 cm³/mol. The number of ether oxygens (including phenoxy) is 1. The highest BCUT2D eigenvalue weighted by Crippen LogP contribution is 2.40. The maximum atomic E-state index is 11.1. The summed E-state index contributed by atoms with van der Waals surface area (Å²) >= 11 is 1.64. The molecule has 0 saturated carbocycles. The summed E-state index contributed by atoms with van der Waals surface area (Å²) in [6.45, 7) is 1.98. The van der Waals surface area contributed by atoms with E-state index in [1.165, 1.54) is 0 Å². The molecule has 2 unspecified atom stereocenters. The smallest absolute Gasteiger partial charge is 0.158 e. The topological polar surface area (TPSA) is 76.3 Å². The first-order valence-electron chi connectivity index (χ1n) is 10.9. The lowest BCUT2D eigenvalue weighted by atomic mass is 9.91. The first-order valence-corrected chi connectivity index (χ1v) is 11.8. The van der Waals surface area contributed by atoms with Gasteiger partial charge < -0.3 is 19.3 Å². The second kappa shape index (κ2) is 8.97. The Morgan fingerprint density at radius 3 is 2.84 bits per heavy atom. The summed E-state index contributed by atoms with van der Waals surface area (Å²) in [7, 11) is 3.59. The van der Waals surface area contributed by atoms with E-state index in [-0.39, 0.29) is 5.92 Å². The number of benzene rings is 1. The molecule has 0 radical (unpaired) electrons. The number of imidazole rings is 1. The van der Waals surface area contributed by atoms with E-state index in [2.05, 4.69) is 39.5 Å². The summed E-state index contributed by atoms with van der Waals surface area (Å²) in [4.78, 5) is 17.4. The van der Waals surface area contributed by atoms with Gasteiger partial charge in [-0.05, 0) is 18.4 Å². The number of rotatable bonds is 6. The van der Waals surface area contributed by atoms with E-state index >= 15 is 0 Å². The van der Waals surface area contributed by atoms with Crippen molar-refractivity contribution in [2.45, 2.75) is 25.6 Å². The maximum absolute atomic E-state index is 11.1. The van der Waals surface area contributed by atoms with Crippen LogP contribution in [0.3, 0.4) is 0 Å². The number of piperidine rings is 1. The van der Waals surface area contributed by atoms with Gasteiger partial charge in [-0.15, -0.1) is 11.3 Å². The molecular formula is C24H27N5O2S. The molecule has 7 nitrogen and oxygen atoms in total. The number of hydrogen-bond donors (Lipinski definition) is 1. The van der Waals surface area contributed by atoms with E-state index in [1.54, 1.807) is 24.6 Å². The van der Waals surface area contributed by atoms with E-state index in [0.29, 0.717) is 18.3 Å². The van der Waals surface area contributed by atoms with Crippen molar-refractivity contribution < 1.29 is 9.84 Å². The minimum atomic E-state index is -0.607. The van der Waals surface area contributed by atoms with Crippen LogP contribution in [0.1, 0.15) is 30.6 Å². The third kappa shape index (κ3) is 3.90. The predicted octanol–water partition coefficient (Wildman–Crippen LogP) is 4.19. The fourth-order valence-electron chi connectivity index (χ4n) is 4.55. The minimum absolute atomic E-state index is 0.0829. The number of hydrogen-bond acceptors (Lipinski definition) is 7. The van der Waals surface area contributed by atoms with Gasteiger partial charge in [0.1, 0.15) is 29.2 Å².